The molecule has 0 fully saturated rings. The fraction of sp³-hybridized carbons (Fsp3) is 0.235. The molecule has 1 radical (unpaired) electrons. The lowest BCUT2D eigenvalue weighted by atomic mass is 10.0. The molecule has 0 saturated heterocycles. The lowest BCUT2D eigenvalue weighted by molar-refractivity contribution is 0.398. The number of hydrogen-bond donors (Lipinski definition) is 0. The van der Waals surface area contributed by atoms with Crippen molar-refractivity contribution in [1.29, 1.82) is 0 Å². The second-order valence-corrected chi connectivity index (χ2v) is 4.36. The van der Waals surface area contributed by atoms with Gasteiger partial charge in [0, 0.05) is 17.5 Å². The van der Waals surface area contributed by atoms with Crippen LogP contribution in [-0.2, 0) is 0 Å². The molecule has 0 aliphatic heterocycles. The number of hydrogen-bond acceptors (Lipinski definition) is 4. The van der Waals surface area contributed by atoms with Crippen LogP contribution in [0, 0.1) is 6.42 Å². The quantitative estimate of drug-likeness (QED) is 0.816. The van der Waals surface area contributed by atoms with Gasteiger partial charge in [-0.05, 0) is 36.4 Å². The van der Waals surface area contributed by atoms with Gasteiger partial charge in [0.15, 0.2) is 0 Å². The van der Waals surface area contributed by atoms with Crippen molar-refractivity contribution in [1.82, 2.24) is 0 Å². The lowest BCUT2D eigenvalue weighted by Crippen LogP contribution is -1.97. The number of methoxy groups -OCH3 is 4. The van der Waals surface area contributed by atoms with E-state index in [9.17, 15) is 0 Å². The smallest absolute Gasteiger partial charge is 0.122 e. The minimum atomic E-state index is 0.765. The molecule has 4 heteroatoms. The molecule has 0 N–H and O–H groups in total. The molecule has 21 heavy (non-hydrogen) atoms. The Kier molecular flexibility index (Phi) is 4.93. The van der Waals surface area contributed by atoms with Crippen LogP contribution in [-0.4, -0.2) is 28.4 Å². The Morgan fingerprint density at radius 3 is 1.38 bits per heavy atom. The summed E-state index contributed by atoms with van der Waals surface area (Å²) in [5.41, 5.74) is 1.81. The minimum absolute atomic E-state index is 0.765. The Morgan fingerprint density at radius 1 is 0.619 bits per heavy atom. The summed E-state index contributed by atoms with van der Waals surface area (Å²) < 4.78 is 21.3. The van der Waals surface area contributed by atoms with E-state index in [4.69, 9.17) is 18.9 Å². The molecular weight excluding hydrogens is 268 g/mol. The summed E-state index contributed by atoms with van der Waals surface area (Å²) in [6, 6.07) is 11.3. The van der Waals surface area contributed by atoms with Crippen molar-refractivity contribution in [2.45, 2.75) is 0 Å². The molecule has 0 aromatic heterocycles. The Labute approximate surface area is 125 Å². The van der Waals surface area contributed by atoms with Crippen LogP contribution in [0.3, 0.4) is 0 Å². The first-order valence-corrected chi connectivity index (χ1v) is 6.50. The van der Waals surface area contributed by atoms with Gasteiger partial charge in [-0.15, -0.1) is 0 Å². The molecule has 2 rings (SSSR count). The van der Waals surface area contributed by atoms with Gasteiger partial charge >= 0.3 is 0 Å². The van der Waals surface area contributed by atoms with E-state index in [2.05, 4.69) is 0 Å². The normalized spacial score (nSPS) is 10.1. The fourth-order valence-corrected chi connectivity index (χ4v) is 2.07. The molecular formula is C17H19O4. The van der Waals surface area contributed by atoms with Gasteiger partial charge in [0.1, 0.15) is 23.0 Å². The van der Waals surface area contributed by atoms with E-state index in [1.54, 1.807) is 28.4 Å². The molecule has 0 heterocycles. The van der Waals surface area contributed by atoms with E-state index in [1.807, 2.05) is 42.8 Å². The van der Waals surface area contributed by atoms with Crippen molar-refractivity contribution in [3.8, 4) is 23.0 Å². The average Bonchev–Trinajstić information content (AvgIpc) is 2.54. The highest BCUT2D eigenvalue weighted by Crippen LogP contribution is 2.32. The first-order chi connectivity index (χ1) is 10.2. The molecule has 0 spiro atoms. The van der Waals surface area contributed by atoms with Crippen LogP contribution in [0.1, 0.15) is 11.1 Å². The Bertz CT molecular complexity index is 554. The van der Waals surface area contributed by atoms with Crippen LogP contribution in [0.4, 0.5) is 0 Å². The van der Waals surface area contributed by atoms with Gasteiger partial charge in [0.25, 0.3) is 0 Å². The first kappa shape index (κ1) is 15.0. The summed E-state index contributed by atoms with van der Waals surface area (Å²) in [5, 5.41) is 0. The van der Waals surface area contributed by atoms with Gasteiger partial charge in [0.05, 0.1) is 28.4 Å². The van der Waals surface area contributed by atoms with Gasteiger partial charge < -0.3 is 18.9 Å². The van der Waals surface area contributed by atoms with Crippen LogP contribution in [0.2, 0.25) is 0 Å². The van der Waals surface area contributed by atoms with Gasteiger partial charge in [-0.2, -0.15) is 0 Å². The van der Waals surface area contributed by atoms with Crippen LogP contribution in [0.25, 0.3) is 0 Å². The highest BCUT2D eigenvalue weighted by molar-refractivity contribution is 5.54. The second-order valence-electron chi connectivity index (χ2n) is 4.36. The predicted octanol–water partition coefficient (Wildman–Crippen LogP) is 3.32. The zero-order valence-corrected chi connectivity index (χ0v) is 12.7. The van der Waals surface area contributed by atoms with Crippen molar-refractivity contribution >= 4 is 0 Å². The SMILES string of the molecule is COc1ccc(OC)c([CH]c2cc(OC)ccc2OC)c1. The minimum Gasteiger partial charge on any atom is -0.497 e. The summed E-state index contributed by atoms with van der Waals surface area (Å²) >= 11 is 0. The van der Waals surface area contributed by atoms with Crippen molar-refractivity contribution < 1.29 is 18.9 Å². The largest absolute Gasteiger partial charge is 0.497 e. The van der Waals surface area contributed by atoms with E-state index in [0.29, 0.717) is 0 Å². The first-order valence-electron chi connectivity index (χ1n) is 6.50. The molecule has 0 amide bonds. The van der Waals surface area contributed by atoms with E-state index in [1.165, 1.54) is 0 Å². The van der Waals surface area contributed by atoms with Crippen molar-refractivity contribution in [2.24, 2.45) is 0 Å². The summed E-state index contributed by atoms with van der Waals surface area (Å²) in [5.74, 6) is 3.06. The fourth-order valence-electron chi connectivity index (χ4n) is 2.07. The van der Waals surface area contributed by atoms with E-state index in [0.717, 1.165) is 34.1 Å². The maximum absolute atomic E-state index is 5.39. The van der Waals surface area contributed by atoms with Crippen LogP contribution >= 0.6 is 0 Å². The highest BCUT2D eigenvalue weighted by Gasteiger charge is 2.11. The molecule has 0 bridgehead atoms. The molecule has 0 aliphatic carbocycles. The topological polar surface area (TPSA) is 36.9 Å². The molecule has 2 aromatic rings. The molecule has 0 atom stereocenters. The number of ether oxygens (including phenoxy) is 4. The van der Waals surface area contributed by atoms with Crippen LogP contribution in [0.15, 0.2) is 36.4 Å². The summed E-state index contributed by atoms with van der Waals surface area (Å²) in [6.45, 7) is 0. The molecule has 0 unspecified atom stereocenters. The van der Waals surface area contributed by atoms with Gasteiger partial charge in [-0.3, -0.25) is 0 Å². The molecule has 111 valence electrons. The van der Waals surface area contributed by atoms with Crippen LogP contribution < -0.4 is 18.9 Å². The van der Waals surface area contributed by atoms with E-state index < -0.39 is 0 Å². The van der Waals surface area contributed by atoms with Crippen molar-refractivity contribution in [3.63, 3.8) is 0 Å². The third-order valence-corrected chi connectivity index (χ3v) is 3.18. The number of rotatable bonds is 6. The lowest BCUT2D eigenvalue weighted by Gasteiger charge is -2.13. The zero-order valence-electron chi connectivity index (χ0n) is 12.7. The highest BCUT2D eigenvalue weighted by atomic mass is 16.5. The Balaban J connectivity index is 2.40. The van der Waals surface area contributed by atoms with Crippen molar-refractivity contribution in [3.05, 3.63) is 53.9 Å². The summed E-state index contributed by atoms with van der Waals surface area (Å²) in [4.78, 5) is 0. The predicted molar refractivity (Wildman–Crippen MR) is 81.6 cm³/mol. The monoisotopic (exact) mass is 287 g/mol. The average molecular weight is 287 g/mol. The Morgan fingerprint density at radius 2 is 1.05 bits per heavy atom. The molecule has 2 aromatic carbocycles. The molecule has 0 saturated carbocycles. The standard InChI is InChI=1S/C17H19O4/c1-18-14-5-7-16(20-3)12(10-14)9-13-11-15(19-2)6-8-17(13)21-4/h5-11H,1-4H3. The van der Waals surface area contributed by atoms with E-state index >= 15 is 0 Å². The maximum Gasteiger partial charge on any atom is 0.122 e. The Hall–Kier alpha value is -2.36. The number of benzene rings is 2. The molecule has 0 aliphatic rings. The molecule has 4 nitrogen and oxygen atoms in total. The third kappa shape index (κ3) is 3.40. The van der Waals surface area contributed by atoms with Crippen molar-refractivity contribution in [2.75, 3.05) is 28.4 Å². The summed E-state index contributed by atoms with van der Waals surface area (Å²) in [6.07, 6.45) is 1.97. The second kappa shape index (κ2) is 6.88. The van der Waals surface area contributed by atoms with Crippen LogP contribution in [0.5, 0.6) is 23.0 Å². The van der Waals surface area contributed by atoms with Gasteiger partial charge in [-0.1, -0.05) is 0 Å². The van der Waals surface area contributed by atoms with Gasteiger partial charge in [-0.25, -0.2) is 0 Å². The van der Waals surface area contributed by atoms with Gasteiger partial charge in [0.2, 0.25) is 0 Å². The third-order valence-electron chi connectivity index (χ3n) is 3.18. The zero-order chi connectivity index (χ0) is 15.2. The summed E-state index contributed by atoms with van der Waals surface area (Å²) in [7, 11) is 6.55. The maximum atomic E-state index is 5.39. The van der Waals surface area contributed by atoms with E-state index in [-0.39, 0.29) is 0 Å².